The van der Waals surface area contributed by atoms with Gasteiger partial charge in [-0.2, -0.15) is 0 Å². The van der Waals surface area contributed by atoms with Gasteiger partial charge in [0.25, 0.3) is 0 Å². The smallest absolute Gasteiger partial charge is 0.226 e. The van der Waals surface area contributed by atoms with Crippen LogP contribution in [0.15, 0.2) is 24.7 Å². The minimum Gasteiger partial charge on any atom is -0.378 e. The predicted octanol–water partition coefficient (Wildman–Crippen LogP) is 0.861. The SMILES string of the molecule is c1cc2nc(N3CCOCC3)ncc2cn1. The number of anilines is 1. The molecule has 5 nitrogen and oxygen atoms in total. The summed E-state index contributed by atoms with van der Waals surface area (Å²) in [7, 11) is 0. The molecule has 0 radical (unpaired) electrons. The van der Waals surface area contributed by atoms with Crippen molar-refractivity contribution in [3.8, 4) is 0 Å². The Balaban J connectivity index is 1.97. The summed E-state index contributed by atoms with van der Waals surface area (Å²) < 4.78 is 5.30. The Bertz CT molecular complexity index is 496. The van der Waals surface area contributed by atoms with Crippen LogP contribution in [-0.4, -0.2) is 41.3 Å². The van der Waals surface area contributed by atoms with Crippen molar-refractivity contribution in [3.05, 3.63) is 24.7 Å². The molecule has 0 saturated carbocycles. The van der Waals surface area contributed by atoms with Crippen molar-refractivity contribution < 1.29 is 4.74 Å². The van der Waals surface area contributed by atoms with Crippen LogP contribution in [0.3, 0.4) is 0 Å². The number of morpholine rings is 1. The standard InChI is InChI=1S/C11H12N4O/c1-2-12-7-9-8-13-11(14-10(1)9)15-3-5-16-6-4-15/h1-2,7-8H,3-6H2. The van der Waals surface area contributed by atoms with Gasteiger partial charge in [-0.15, -0.1) is 0 Å². The number of hydrogen-bond acceptors (Lipinski definition) is 5. The lowest BCUT2D eigenvalue weighted by Gasteiger charge is -2.26. The molecule has 2 aromatic rings. The maximum Gasteiger partial charge on any atom is 0.226 e. The number of rotatable bonds is 1. The fourth-order valence-corrected chi connectivity index (χ4v) is 1.78. The highest BCUT2D eigenvalue weighted by Crippen LogP contribution is 2.14. The van der Waals surface area contributed by atoms with Crippen LogP contribution in [0.1, 0.15) is 0 Å². The molecule has 1 aliphatic rings. The molecule has 2 aromatic heterocycles. The maximum atomic E-state index is 5.30. The molecule has 82 valence electrons. The highest BCUT2D eigenvalue weighted by atomic mass is 16.5. The van der Waals surface area contributed by atoms with Gasteiger partial charge in [-0.1, -0.05) is 0 Å². The molecule has 0 aromatic carbocycles. The Hall–Kier alpha value is -1.75. The van der Waals surface area contributed by atoms with Crippen LogP contribution in [0.25, 0.3) is 10.9 Å². The lowest BCUT2D eigenvalue weighted by atomic mass is 10.3. The zero-order chi connectivity index (χ0) is 10.8. The zero-order valence-electron chi connectivity index (χ0n) is 8.83. The van der Waals surface area contributed by atoms with Crippen LogP contribution in [0.4, 0.5) is 5.95 Å². The lowest BCUT2D eigenvalue weighted by Crippen LogP contribution is -2.37. The van der Waals surface area contributed by atoms with Crippen LogP contribution in [-0.2, 0) is 4.74 Å². The lowest BCUT2D eigenvalue weighted by molar-refractivity contribution is 0.122. The third-order valence-corrected chi connectivity index (χ3v) is 2.66. The van der Waals surface area contributed by atoms with Gasteiger partial charge in [-0.05, 0) is 6.07 Å². The summed E-state index contributed by atoms with van der Waals surface area (Å²) >= 11 is 0. The summed E-state index contributed by atoms with van der Waals surface area (Å²) in [6.07, 6.45) is 5.34. The average Bonchev–Trinajstić information content (AvgIpc) is 2.39. The number of pyridine rings is 1. The van der Waals surface area contributed by atoms with Gasteiger partial charge in [0.2, 0.25) is 5.95 Å². The first-order valence-corrected chi connectivity index (χ1v) is 5.33. The molecule has 0 N–H and O–H groups in total. The summed E-state index contributed by atoms with van der Waals surface area (Å²) in [5.41, 5.74) is 0.937. The van der Waals surface area contributed by atoms with E-state index < -0.39 is 0 Å². The second-order valence-electron chi connectivity index (χ2n) is 3.70. The second-order valence-corrected chi connectivity index (χ2v) is 3.70. The van der Waals surface area contributed by atoms with E-state index in [0.29, 0.717) is 0 Å². The van der Waals surface area contributed by atoms with Crippen molar-refractivity contribution in [3.63, 3.8) is 0 Å². The van der Waals surface area contributed by atoms with Crippen LogP contribution in [0.2, 0.25) is 0 Å². The summed E-state index contributed by atoms with van der Waals surface area (Å²) in [5.74, 6) is 0.780. The summed E-state index contributed by atoms with van der Waals surface area (Å²) in [6.45, 7) is 3.21. The number of ether oxygens (including phenoxy) is 1. The third-order valence-electron chi connectivity index (χ3n) is 2.66. The predicted molar refractivity (Wildman–Crippen MR) is 60.4 cm³/mol. The van der Waals surface area contributed by atoms with Crippen molar-refractivity contribution in [2.45, 2.75) is 0 Å². The quantitative estimate of drug-likeness (QED) is 0.707. The molecule has 3 rings (SSSR count). The van der Waals surface area contributed by atoms with Gasteiger partial charge in [0, 0.05) is 37.1 Å². The van der Waals surface area contributed by atoms with E-state index in [1.807, 2.05) is 12.3 Å². The van der Waals surface area contributed by atoms with E-state index in [1.165, 1.54) is 0 Å². The molecule has 16 heavy (non-hydrogen) atoms. The van der Waals surface area contributed by atoms with E-state index in [9.17, 15) is 0 Å². The fourth-order valence-electron chi connectivity index (χ4n) is 1.78. The second kappa shape index (κ2) is 4.02. The molecule has 1 saturated heterocycles. The Morgan fingerprint density at radius 2 is 2.06 bits per heavy atom. The van der Waals surface area contributed by atoms with Crippen molar-refractivity contribution in [1.82, 2.24) is 15.0 Å². The number of aromatic nitrogens is 3. The van der Waals surface area contributed by atoms with Crippen LogP contribution in [0.5, 0.6) is 0 Å². The molecule has 0 aliphatic carbocycles. The molecule has 1 aliphatic heterocycles. The number of fused-ring (bicyclic) bond motifs is 1. The highest BCUT2D eigenvalue weighted by Gasteiger charge is 2.13. The van der Waals surface area contributed by atoms with Crippen LogP contribution >= 0.6 is 0 Å². The van der Waals surface area contributed by atoms with E-state index in [1.54, 1.807) is 12.4 Å². The van der Waals surface area contributed by atoms with Crippen molar-refractivity contribution in [2.24, 2.45) is 0 Å². The fraction of sp³-hybridized carbons (Fsp3) is 0.364. The Kier molecular flexibility index (Phi) is 2.38. The molecule has 3 heterocycles. The van der Waals surface area contributed by atoms with E-state index in [-0.39, 0.29) is 0 Å². The average molecular weight is 216 g/mol. The number of hydrogen-bond donors (Lipinski definition) is 0. The molecule has 0 bridgehead atoms. The first-order valence-electron chi connectivity index (χ1n) is 5.33. The summed E-state index contributed by atoms with van der Waals surface area (Å²) in [6, 6.07) is 1.90. The van der Waals surface area contributed by atoms with Crippen molar-refractivity contribution in [1.29, 1.82) is 0 Å². The van der Waals surface area contributed by atoms with Gasteiger partial charge in [-0.25, -0.2) is 9.97 Å². The van der Waals surface area contributed by atoms with E-state index in [4.69, 9.17) is 4.74 Å². The highest BCUT2D eigenvalue weighted by molar-refractivity contribution is 5.77. The first-order chi connectivity index (χ1) is 7.93. The van der Waals surface area contributed by atoms with E-state index in [2.05, 4.69) is 19.9 Å². The largest absolute Gasteiger partial charge is 0.378 e. The molecule has 1 fully saturated rings. The van der Waals surface area contributed by atoms with Gasteiger partial charge in [0.15, 0.2) is 0 Å². The minimum absolute atomic E-state index is 0.748. The monoisotopic (exact) mass is 216 g/mol. The molecule has 5 heteroatoms. The maximum absolute atomic E-state index is 5.30. The molecule has 0 unspecified atom stereocenters. The molecular formula is C11H12N4O. The van der Waals surface area contributed by atoms with Crippen molar-refractivity contribution in [2.75, 3.05) is 31.2 Å². The molecular weight excluding hydrogens is 204 g/mol. The Labute approximate surface area is 93.1 Å². The molecule has 0 spiro atoms. The van der Waals surface area contributed by atoms with E-state index in [0.717, 1.165) is 43.2 Å². The van der Waals surface area contributed by atoms with Gasteiger partial charge >= 0.3 is 0 Å². The summed E-state index contributed by atoms with van der Waals surface area (Å²) in [4.78, 5) is 15.1. The topological polar surface area (TPSA) is 51.1 Å². The van der Waals surface area contributed by atoms with Crippen molar-refractivity contribution >= 4 is 16.9 Å². The Morgan fingerprint density at radius 3 is 2.94 bits per heavy atom. The zero-order valence-corrected chi connectivity index (χ0v) is 8.83. The first kappa shape index (κ1) is 9.47. The molecule has 0 atom stereocenters. The minimum atomic E-state index is 0.748. The van der Waals surface area contributed by atoms with Gasteiger partial charge in [0.1, 0.15) is 0 Å². The van der Waals surface area contributed by atoms with Gasteiger partial charge < -0.3 is 9.64 Å². The van der Waals surface area contributed by atoms with Gasteiger partial charge in [-0.3, -0.25) is 4.98 Å². The van der Waals surface area contributed by atoms with Gasteiger partial charge in [0.05, 0.1) is 18.7 Å². The Morgan fingerprint density at radius 1 is 1.19 bits per heavy atom. The number of nitrogens with zero attached hydrogens (tertiary/aromatic N) is 4. The van der Waals surface area contributed by atoms with Crippen LogP contribution in [0, 0.1) is 0 Å². The third kappa shape index (κ3) is 1.69. The van der Waals surface area contributed by atoms with Crippen LogP contribution < -0.4 is 4.90 Å². The molecule has 0 amide bonds. The summed E-state index contributed by atoms with van der Waals surface area (Å²) in [5, 5.41) is 0.972. The normalized spacial score (nSPS) is 16.6. The van der Waals surface area contributed by atoms with E-state index >= 15 is 0 Å².